The zero-order chi connectivity index (χ0) is 47.7. The van der Waals surface area contributed by atoms with Gasteiger partial charge < -0.3 is 58.6 Å². The Morgan fingerprint density at radius 3 is 0.841 bits per heavy atom. The second-order valence-electron chi connectivity index (χ2n) is 16.3. The molecule has 3 saturated heterocycles. The summed E-state index contributed by atoms with van der Waals surface area (Å²) in [6, 6.07) is 54.0. The first-order chi connectivity index (χ1) is 34.1. The first-order valence-electron chi connectivity index (χ1n) is 24.4. The van der Waals surface area contributed by atoms with Gasteiger partial charge >= 0.3 is 0 Å². The molecule has 3 aliphatic rings. The molecule has 366 valence electrons. The Morgan fingerprint density at radius 2 is 0.609 bits per heavy atom. The van der Waals surface area contributed by atoms with E-state index in [1.165, 1.54) is 0 Å². The van der Waals surface area contributed by atoms with E-state index in [0.717, 1.165) is 90.5 Å². The fraction of sp³-hybridized carbons (Fsp3) is 0.368. The van der Waals surface area contributed by atoms with Gasteiger partial charge in [-0.15, -0.1) is 0 Å². The molecule has 3 heterocycles. The first kappa shape index (κ1) is 50.7. The minimum atomic E-state index is -0.175. The molecule has 0 saturated carbocycles. The average Bonchev–Trinajstić information content (AvgIpc) is 3.42. The van der Waals surface area contributed by atoms with Crippen molar-refractivity contribution in [3.63, 3.8) is 0 Å². The Morgan fingerprint density at radius 1 is 0.362 bits per heavy atom. The summed E-state index contributed by atoms with van der Waals surface area (Å²) in [6.45, 7) is 14.8. The van der Waals surface area contributed by atoms with E-state index in [9.17, 15) is 0 Å². The Bertz CT molecular complexity index is 2050. The second kappa shape index (κ2) is 28.4. The maximum absolute atomic E-state index is 6.33. The molecule has 6 atom stereocenters. The number of para-hydroxylation sites is 6. The van der Waals surface area contributed by atoms with Crippen LogP contribution in [0.15, 0.2) is 164 Å². The molecular formula is C57H69N3O9. The largest absolute Gasteiger partial charge is 0.490 e. The standard InChI is InChI=1S/3C19H23NO3/c3*1-2-21-16-10-6-7-11-17(16)23-19(15-8-4-3-5-9-15)18-14-20-12-13-22-18/h3*3-11,18-20H,2,12-14H2,1H3/t2*18-,19+;18-,19-/m100/s1. The molecule has 3 N–H and O–H groups in total. The molecule has 0 bridgehead atoms. The van der Waals surface area contributed by atoms with Gasteiger partial charge in [-0.2, -0.15) is 0 Å². The zero-order valence-corrected chi connectivity index (χ0v) is 40.2. The normalized spacial score (nSPS) is 19.1. The van der Waals surface area contributed by atoms with E-state index >= 15 is 0 Å². The van der Waals surface area contributed by atoms with E-state index in [2.05, 4.69) is 52.3 Å². The number of ether oxygens (including phenoxy) is 9. The van der Waals surface area contributed by atoms with Crippen molar-refractivity contribution >= 4 is 0 Å². The zero-order valence-electron chi connectivity index (χ0n) is 40.2. The smallest absolute Gasteiger partial charge is 0.162 e. The van der Waals surface area contributed by atoms with Crippen molar-refractivity contribution in [3.8, 4) is 34.5 Å². The van der Waals surface area contributed by atoms with E-state index in [4.69, 9.17) is 42.6 Å². The van der Waals surface area contributed by atoms with E-state index < -0.39 is 0 Å². The van der Waals surface area contributed by atoms with Crippen LogP contribution in [0.5, 0.6) is 34.5 Å². The number of benzene rings is 6. The summed E-state index contributed by atoms with van der Waals surface area (Å²) in [5.41, 5.74) is 3.31. The molecule has 3 fully saturated rings. The van der Waals surface area contributed by atoms with Gasteiger partial charge in [-0.05, 0) is 73.9 Å². The summed E-state index contributed by atoms with van der Waals surface area (Å²) in [5, 5.41) is 10.1. The van der Waals surface area contributed by atoms with Crippen molar-refractivity contribution in [1.29, 1.82) is 0 Å². The molecular weight excluding hydrogens is 871 g/mol. The number of nitrogens with one attached hydrogen (secondary N) is 3. The molecule has 69 heavy (non-hydrogen) atoms. The molecule has 0 amide bonds. The number of hydrogen-bond donors (Lipinski definition) is 3. The molecule has 12 nitrogen and oxygen atoms in total. The lowest BCUT2D eigenvalue weighted by Crippen LogP contribution is -2.43. The summed E-state index contributed by atoms with van der Waals surface area (Å²) in [5.74, 6) is 4.53. The number of morpholine rings is 3. The summed E-state index contributed by atoms with van der Waals surface area (Å²) in [6.07, 6.45) is -0.607. The van der Waals surface area contributed by atoms with Crippen LogP contribution in [0.25, 0.3) is 0 Å². The van der Waals surface area contributed by atoms with Crippen LogP contribution in [0.4, 0.5) is 0 Å². The van der Waals surface area contributed by atoms with Crippen LogP contribution in [0.3, 0.4) is 0 Å². The van der Waals surface area contributed by atoms with Crippen molar-refractivity contribution < 1.29 is 42.6 Å². The Kier molecular flexibility index (Phi) is 20.9. The third-order valence-corrected chi connectivity index (χ3v) is 11.5. The minimum Gasteiger partial charge on any atom is -0.490 e. The Hall–Kier alpha value is -6.12. The van der Waals surface area contributed by atoms with Gasteiger partial charge in [0.2, 0.25) is 0 Å². The SMILES string of the molecule is CCOc1ccccc1O[C@@H](c1ccccc1)[C@@H]1CNCCO1.CCOc1ccccc1O[C@@H](c1ccccc1)[C@H]1CNCCO1.CCOc1ccccc1O[C@H](c1ccccc1)[C@@H]1CNCCO1. The van der Waals surface area contributed by atoms with Crippen molar-refractivity contribution in [2.75, 3.05) is 78.9 Å². The summed E-state index contributed by atoms with van der Waals surface area (Å²) in [7, 11) is 0. The lowest BCUT2D eigenvalue weighted by atomic mass is 10.0. The Labute approximate surface area is 408 Å². The lowest BCUT2D eigenvalue weighted by molar-refractivity contribution is -0.0439. The van der Waals surface area contributed by atoms with Crippen LogP contribution in [-0.4, -0.2) is 97.2 Å². The quantitative estimate of drug-likeness (QED) is 0.0762. The van der Waals surface area contributed by atoms with Crippen LogP contribution in [0.1, 0.15) is 55.8 Å². The third-order valence-electron chi connectivity index (χ3n) is 11.5. The van der Waals surface area contributed by atoms with Gasteiger partial charge in [0, 0.05) is 39.3 Å². The monoisotopic (exact) mass is 940 g/mol. The van der Waals surface area contributed by atoms with E-state index in [1.807, 2.05) is 148 Å². The average molecular weight is 940 g/mol. The molecule has 0 unspecified atom stereocenters. The van der Waals surface area contributed by atoms with Gasteiger partial charge in [0.1, 0.15) is 18.3 Å². The van der Waals surface area contributed by atoms with Gasteiger partial charge in [-0.1, -0.05) is 127 Å². The molecule has 0 aromatic heterocycles. The molecule has 0 radical (unpaired) electrons. The molecule has 12 heteroatoms. The Balaban J connectivity index is 0.000000153. The lowest BCUT2D eigenvalue weighted by Gasteiger charge is -2.32. The minimum absolute atomic E-state index is 0.0270. The van der Waals surface area contributed by atoms with Gasteiger partial charge in [-0.3, -0.25) is 0 Å². The highest BCUT2D eigenvalue weighted by atomic mass is 16.6. The van der Waals surface area contributed by atoms with Gasteiger partial charge in [0.25, 0.3) is 0 Å². The third kappa shape index (κ3) is 15.4. The highest BCUT2D eigenvalue weighted by Crippen LogP contribution is 2.36. The molecule has 6 aromatic carbocycles. The summed E-state index contributed by atoms with van der Waals surface area (Å²) in [4.78, 5) is 0. The maximum Gasteiger partial charge on any atom is 0.162 e. The van der Waals surface area contributed by atoms with E-state index in [-0.39, 0.29) is 36.6 Å². The predicted molar refractivity (Wildman–Crippen MR) is 270 cm³/mol. The topological polar surface area (TPSA) is 119 Å². The molecule has 3 aliphatic heterocycles. The van der Waals surface area contributed by atoms with Crippen LogP contribution in [0, 0.1) is 0 Å². The van der Waals surface area contributed by atoms with Crippen molar-refractivity contribution in [2.24, 2.45) is 0 Å². The van der Waals surface area contributed by atoms with Gasteiger partial charge in [0.05, 0.1) is 39.6 Å². The van der Waals surface area contributed by atoms with Crippen molar-refractivity contribution in [2.45, 2.75) is 57.4 Å². The fourth-order valence-electron chi connectivity index (χ4n) is 8.22. The van der Waals surface area contributed by atoms with Crippen molar-refractivity contribution in [1.82, 2.24) is 16.0 Å². The fourth-order valence-corrected chi connectivity index (χ4v) is 8.22. The highest BCUT2D eigenvalue weighted by molar-refractivity contribution is 5.42. The first-order valence-corrected chi connectivity index (χ1v) is 24.4. The molecule has 0 aliphatic carbocycles. The number of rotatable bonds is 18. The van der Waals surface area contributed by atoms with Crippen LogP contribution >= 0.6 is 0 Å². The predicted octanol–water partition coefficient (Wildman–Crippen LogP) is 9.58. The van der Waals surface area contributed by atoms with Gasteiger partial charge in [-0.25, -0.2) is 0 Å². The highest BCUT2D eigenvalue weighted by Gasteiger charge is 2.31. The molecule has 9 rings (SSSR count). The second-order valence-corrected chi connectivity index (χ2v) is 16.3. The molecule has 6 aromatic rings. The van der Waals surface area contributed by atoms with E-state index in [1.54, 1.807) is 0 Å². The summed E-state index contributed by atoms with van der Waals surface area (Å²) < 4.78 is 53.9. The molecule has 0 spiro atoms. The van der Waals surface area contributed by atoms with Crippen LogP contribution in [-0.2, 0) is 14.2 Å². The summed E-state index contributed by atoms with van der Waals surface area (Å²) >= 11 is 0. The van der Waals surface area contributed by atoms with E-state index in [0.29, 0.717) is 39.6 Å². The van der Waals surface area contributed by atoms with Gasteiger partial charge in [0.15, 0.2) is 52.8 Å². The van der Waals surface area contributed by atoms with Crippen LogP contribution in [0.2, 0.25) is 0 Å². The van der Waals surface area contributed by atoms with Crippen molar-refractivity contribution in [3.05, 3.63) is 180 Å². The van der Waals surface area contributed by atoms with Crippen LogP contribution < -0.4 is 44.4 Å². The number of hydrogen-bond acceptors (Lipinski definition) is 12. The maximum atomic E-state index is 6.33.